The van der Waals surface area contributed by atoms with Crippen molar-refractivity contribution in [3.63, 3.8) is 0 Å². The molecule has 2 aromatic rings. The summed E-state index contributed by atoms with van der Waals surface area (Å²) in [5, 5.41) is 11.1. The molecule has 0 radical (unpaired) electrons. The zero-order valence-electron chi connectivity index (χ0n) is 10.4. The van der Waals surface area contributed by atoms with Crippen LogP contribution in [0.3, 0.4) is 0 Å². The minimum Gasteiger partial charge on any atom is -0.480 e. The number of nitrogens with two attached hydrogens (primary N) is 1. The summed E-state index contributed by atoms with van der Waals surface area (Å²) in [5.74, 6) is -0.994. The Kier molecular flexibility index (Phi) is 3.05. The first kappa shape index (κ1) is 12.5. The quantitative estimate of drug-likeness (QED) is 0.864. The minimum absolute atomic E-state index is 0.646. The molecule has 3 N–H and O–H groups in total. The van der Waals surface area contributed by atoms with Crippen LogP contribution in [0.1, 0.15) is 19.4 Å². The van der Waals surface area contributed by atoms with Crippen molar-refractivity contribution in [2.75, 3.05) is 0 Å². The summed E-state index contributed by atoms with van der Waals surface area (Å²) >= 11 is 0. The van der Waals surface area contributed by atoms with Gasteiger partial charge in [-0.2, -0.15) is 0 Å². The van der Waals surface area contributed by atoms with E-state index in [-0.39, 0.29) is 0 Å². The fraction of sp³-hybridized carbons (Fsp3) is 0.286. The number of carbonyl (C=O) groups is 1. The van der Waals surface area contributed by atoms with E-state index in [4.69, 9.17) is 10.8 Å². The molecule has 0 amide bonds. The number of carboxylic acid groups (broad SMARTS) is 1. The number of pyridine rings is 1. The number of carboxylic acids is 1. The molecule has 1 unspecified atom stereocenters. The zero-order valence-corrected chi connectivity index (χ0v) is 10.4. The predicted molar refractivity (Wildman–Crippen MR) is 70.4 cm³/mol. The fourth-order valence-corrected chi connectivity index (χ4v) is 2.16. The van der Waals surface area contributed by atoms with Gasteiger partial charge in [-0.05, 0) is 17.0 Å². The Balaban J connectivity index is 2.64. The van der Waals surface area contributed by atoms with Crippen molar-refractivity contribution < 1.29 is 9.90 Å². The van der Waals surface area contributed by atoms with Crippen molar-refractivity contribution in [2.45, 2.75) is 25.3 Å². The van der Waals surface area contributed by atoms with E-state index in [1.54, 1.807) is 12.4 Å². The van der Waals surface area contributed by atoms with Crippen LogP contribution >= 0.6 is 0 Å². The lowest BCUT2D eigenvalue weighted by molar-refractivity contribution is -0.140. The summed E-state index contributed by atoms with van der Waals surface area (Å²) in [7, 11) is 0. The van der Waals surface area contributed by atoms with Crippen molar-refractivity contribution in [1.29, 1.82) is 0 Å². The van der Waals surface area contributed by atoms with Crippen LogP contribution in [0.4, 0.5) is 0 Å². The van der Waals surface area contributed by atoms with Gasteiger partial charge in [0.25, 0.3) is 0 Å². The lowest BCUT2D eigenvalue weighted by Crippen LogP contribution is -2.46. The molecule has 0 spiro atoms. The first-order valence-electron chi connectivity index (χ1n) is 5.76. The SMILES string of the molecule is CC(C)(c1cccc2cnccc12)C(N)C(=O)O. The van der Waals surface area contributed by atoms with Crippen LogP contribution in [0.2, 0.25) is 0 Å². The maximum Gasteiger partial charge on any atom is 0.321 e. The van der Waals surface area contributed by atoms with Crippen molar-refractivity contribution in [2.24, 2.45) is 5.73 Å². The van der Waals surface area contributed by atoms with Gasteiger partial charge in [0.1, 0.15) is 6.04 Å². The highest BCUT2D eigenvalue weighted by atomic mass is 16.4. The molecule has 2 rings (SSSR count). The van der Waals surface area contributed by atoms with Gasteiger partial charge in [-0.15, -0.1) is 0 Å². The standard InChI is InChI=1S/C14H16N2O2/c1-14(2,12(15)13(17)18)11-5-3-4-9-8-16-7-6-10(9)11/h3-8,12H,15H2,1-2H3,(H,17,18). The maximum atomic E-state index is 11.1. The Morgan fingerprint density at radius 2 is 2.11 bits per heavy atom. The van der Waals surface area contributed by atoms with Crippen molar-refractivity contribution >= 4 is 16.7 Å². The van der Waals surface area contributed by atoms with Crippen LogP contribution < -0.4 is 5.73 Å². The molecule has 4 nitrogen and oxygen atoms in total. The molecule has 1 atom stereocenters. The second-order valence-corrected chi connectivity index (χ2v) is 4.94. The Morgan fingerprint density at radius 3 is 2.78 bits per heavy atom. The lowest BCUT2D eigenvalue weighted by Gasteiger charge is -2.30. The predicted octanol–water partition coefficient (Wildman–Crippen LogP) is 1.92. The molecule has 1 aromatic carbocycles. The van der Waals surface area contributed by atoms with Crippen molar-refractivity contribution in [3.05, 3.63) is 42.2 Å². The number of aliphatic carboxylic acids is 1. The fourth-order valence-electron chi connectivity index (χ4n) is 2.16. The zero-order chi connectivity index (χ0) is 13.3. The third-order valence-corrected chi connectivity index (χ3v) is 3.42. The van der Waals surface area contributed by atoms with Crippen LogP contribution in [0, 0.1) is 0 Å². The van der Waals surface area contributed by atoms with Gasteiger partial charge in [-0.3, -0.25) is 9.78 Å². The van der Waals surface area contributed by atoms with E-state index in [1.165, 1.54) is 0 Å². The Hall–Kier alpha value is -1.94. The molecule has 0 fully saturated rings. The van der Waals surface area contributed by atoms with Crippen molar-refractivity contribution in [1.82, 2.24) is 4.98 Å². The number of nitrogens with zero attached hydrogens (tertiary/aromatic N) is 1. The van der Waals surface area contributed by atoms with E-state index in [0.29, 0.717) is 0 Å². The van der Waals surface area contributed by atoms with Gasteiger partial charge in [0, 0.05) is 23.2 Å². The molecular formula is C14H16N2O2. The van der Waals surface area contributed by atoms with Crippen molar-refractivity contribution in [3.8, 4) is 0 Å². The molecule has 0 bridgehead atoms. The maximum absolute atomic E-state index is 11.1. The summed E-state index contributed by atoms with van der Waals surface area (Å²) in [4.78, 5) is 15.2. The number of rotatable bonds is 3. The van der Waals surface area contributed by atoms with E-state index in [2.05, 4.69) is 4.98 Å². The van der Waals surface area contributed by atoms with E-state index >= 15 is 0 Å². The molecule has 0 aliphatic heterocycles. The number of fused-ring (bicyclic) bond motifs is 1. The Morgan fingerprint density at radius 1 is 1.39 bits per heavy atom. The molecule has 0 saturated carbocycles. The first-order valence-corrected chi connectivity index (χ1v) is 5.76. The molecule has 4 heteroatoms. The first-order chi connectivity index (χ1) is 8.44. The largest absolute Gasteiger partial charge is 0.480 e. The monoisotopic (exact) mass is 244 g/mol. The second-order valence-electron chi connectivity index (χ2n) is 4.94. The normalized spacial score (nSPS) is 13.5. The average Bonchev–Trinajstić information content (AvgIpc) is 2.36. The van der Waals surface area contributed by atoms with Gasteiger partial charge in [0.05, 0.1) is 0 Å². The van der Waals surface area contributed by atoms with Gasteiger partial charge >= 0.3 is 5.97 Å². The van der Waals surface area contributed by atoms with Gasteiger partial charge in [0.15, 0.2) is 0 Å². The van der Waals surface area contributed by atoms with Gasteiger partial charge in [-0.25, -0.2) is 0 Å². The summed E-state index contributed by atoms with van der Waals surface area (Å²) in [6.07, 6.45) is 3.47. The topological polar surface area (TPSA) is 76.2 Å². The smallest absolute Gasteiger partial charge is 0.321 e. The van der Waals surface area contributed by atoms with Crippen LogP contribution in [0.5, 0.6) is 0 Å². The van der Waals surface area contributed by atoms with E-state index in [1.807, 2.05) is 38.1 Å². The average molecular weight is 244 g/mol. The molecule has 1 aromatic heterocycles. The van der Waals surface area contributed by atoms with E-state index in [0.717, 1.165) is 16.3 Å². The molecule has 1 heterocycles. The molecule has 0 saturated heterocycles. The Labute approximate surface area is 105 Å². The molecule has 0 aliphatic carbocycles. The highest BCUT2D eigenvalue weighted by molar-refractivity contribution is 5.87. The van der Waals surface area contributed by atoms with Gasteiger partial charge in [-0.1, -0.05) is 32.0 Å². The van der Waals surface area contributed by atoms with Gasteiger partial charge in [0.2, 0.25) is 0 Å². The summed E-state index contributed by atoms with van der Waals surface area (Å²) in [6.45, 7) is 3.70. The second kappa shape index (κ2) is 4.38. The van der Waals surface area contributed by atoms with Crippen LogP contribution in [-0.4, -0.2) is 22.1 Å². The number of hydrogen-bond acceptors (Lipinski definition) is 3. The van der Waals surface area contributed by atoms with Crippen LogP contribution in [-0.2, 0) is 10.2 Å². The number of hydrogen-bond donors (Lipinski definition) is 2. The van der Waals surface area contributed by atoms with Crippen LogP contribution in [0.15, 0.2) is 36.7 Å². The summed E-state index contributed by atoms with van der Waals surface area (Å²) < 4.78 is 0. The summed E-state index contributed by atoms with van der Waals surface area (Å²) in [5.41, 5.74) is 6.08. The highest BCUT2D eigenvalue weighted by Crippen LogP contribution is 2.32. The molecule has 0 aliphatic rings. The molecule has 18 heavy (non-hydrogen) atoms. The highest BCUT2D eigenvalue weighted by Gasteiger charge is 2.34. The van der Waals surface area contributed by atoms with Crippen LogP contribution in [0.25, 0.3) is 10.8 Å². The lowest BCUT2D eigenvalue weighted by atomic mass is 9.76. The third-order valence-electron chi connectivity index (χ3n) is 3.42. The number of aromatic nitrogens is 1. The third kappa shape index (κ3) is 1.95. The van der Waals surface area contributed by atoms with E-state index < -0.39 is 17.4 Å². The summed E-state index contributed by atoms with van der Waals surface area (Å²) in [6, 6.07) is 6.71. The number of benzene rings is 1. The van der Waals surface area contributed by atoms with E-state index in [9.17, 15) is 4.79 Å². The molecular weight excluding hydrogens is 228 g/mol. The minimum atomic E-state index is -0.994. The molecule has 94 valence electrons. The Bertz CT molecular complexity index is 588. The van der Waals surface area contributed by atoms with Gasteiger partial charge < -0.3 is 10.8 Å².